The molecule has 0 radical (unpaired) electrons. The van der Waals surface area contributed by atoms with E-state index in [0.717, 1.165) is 5.76 Å². The van der Waals surface area contributed by atoms with Crippen molar-refractivity contribution >= 4 is 11.4 Å². The van der Waals surface area contributed by atoms with E-state index >= 15 is 0 Å². The molecule has 0 fully saturated rings. The fourth-order valence-electron chi connectivity index (χ4n) is 1.94. The number of nitrogens with two attached hydrogens (primary N) is 1. The zero-order valence-electron chi connectivity index (χ0n) is 10.6. The van der Waals surface area contributed by atoms with Crippen molar-refractivity contribution in [1.82, 2.24) is 0 Å². The highest BCUT2D eigenvalue weighted by atomic mass is 19.3. The van der Waals surface area contributed by atoms with Gasteiger partial charge in [-0.05, 0) is 37.3 Å². The summed E-state index contributed by atoms with van der Waals surface area (Å²) in [6.45, 7) is 1.91. The van der Waals surface area contributed by atoms with Crippen LogP contribution in [-0.4, -0.2) is 6.04 Å². The van der Waals surface area contributed by atoms with Gasteiger partial charge in [0.05, 0.1) is 6.26 Å². The molecule has 1 unspecified atom stereocenters. The van der Waals surface area contributed by atoms with Gasteiger partial charge in [-0.15, -0.1) is 0 Å². The third-order valence-electron chi connectivity index (χ3n) is 2.80. The van der Waals surface area contributed by atoms with Gasteiger partial charge in [0.15, 0.2) is 0 Å². The van der Waals surface area contributed by atoms with Crippen molar-refractivity contribution < 1.29 is 13.2 Å². The van der Waals surface area contributed by atoms with E-state index in [1.54, 1.807) is 24.5 Å². The van der Waals surface area contributed by atoms with Crippen molar-refractivity contribution in [3.05, 3.63) is 47.9 Å². The molecule has 2 aromatic rings. The predicted octanol–water partition coefficient (Wildman–Crippen LogP) is 3.84. The molecule has 2 rings (SSSR count). The lowest BCUT2D eigenvalue weighted by Gasteiger charge is -2.17. The quantitative estimate of drug-likeness (QED) is 0.808. The van der Waals surface area contributed by atoms with Crippen LogP contribution in [0.5, 0.6) is 0 Å². The standard InChI is InChI=1S/C14H16F2N2O/c1-9(7-11-3-2-6-19-11)18-13-5-4-10(17)8-12(13)14(15)16/h2-6,8-9,14,18H,7,17H2,1H3. The molecule has 102 valence electrons. The maximum atomic E-state index is 12.9. The van der Waals surface area contributed by atoms with Gasteiger partial charge in [-0.1, -0.05) is 0 Å². The second kappa shape index (κ2) is 5.73. The SMILES string of the molecule is CC(Cc1ccco1)Nc1ccc(N)cc1C(F)F. The molecule has 0 aliphatic rings. The molecular formula is C14H16F2N2O. The molecular weight excluding hydrogens is 250 g/mol. The van der Waals surface area contributed by atoms with Crippen LogP contribution in [0, 0.1) is 0 Å². The van der Waals surface area contributed by atoms with E-state index in [1.807, 2.05) is 13.0 Å². The van der Waals surface area contributed by atoms with Crippen LogP contribution in [-0.2, 0) is 6.42 Å². The Kier molecular flexibility index (Phi) is 4.04. The summed E-state index contributed by atoms with van der Waals surface area (Å²) in [4.78, 5) is 0. The van der Waals surface area contributed by atoms with Gasteiger partial charge in [0.1, 0.15) is 5.76 Å². The van der Waals surface area contributed by atoms with Crippen molar-refractivity contribution in [2.24, 2.45) is 0 Å². The van der Waals surface area contributed by atoms with Gasteiger partial charge in [-0.25, -0.2) is 8.78 Å². The summed E-state index contributed by atoms with van der Waals surface area (Å²) in [5.41, 5.74) is 6.19. The first-order chi connectivity index (χ1) is 9.06. The monoisotopic (exact) mass is 266 g/mol. The van der Waals surface area contributed by atoms with Crippen LogP contribution in [0.2, 0.25) is 0 Å². The molecule has 0 saturated heterocycles. The maximum absolute atomic E-state index is 12.9. The first-order valence-electron chi connectivity index (χ1n) is 6.02. The molecule has 0 amide bonds. The van der Waals surface area contributed by atoms with E-state index < -0.39 is 6.43 Å². The lowest BCUT2D eigenvalue weighted by molar-refractivity contribution is 0.152. The molecule has 1 atom stereocenters. The van der Waals surface area contributed by atoms with E-state index in [4.69, 9.17) is 10.2 Å². The third kappa shape index (κ3) is 3.47. The van der Waals surface area contributed by atoms with Gasteiger partial charge in [-0.2, -0.15) is 0 Å². The molecule has 19 heavy (non-hydrogen) atoms. The molecule has 5 heteroatoms. The topological polar surface area (TPSA) is 51.2 Å². The summed E-state index contributed by atoms with van der Waals surface area (Å²) in [5.74, 6) is 0.814. The molecule has 0 aliphatic heterocycles. The zero-order valence-corrected chi connectivity index (χ0v) is 10.6. The highest BCUT2D eigenvalue weighted by Crippen LogP contribution is 2.29. The Bertz CT molecular complexity index is 526. The number of nitrogens with one attached hydrogen (secondary N) is 1. The summed E-state index contributed by atoms with van der Waals surface area (Å²) < 4.78 is 31.1. The van der Waals surface area contributed by atoms with Crippen LogP contribution >= 0.6 is 0 Å². The van der Waals surface area contributed by atoms with E-state index in [1.165, 1.54) is 6.07 Å². The molecule has 1 aromatic heterocycles. The minimum absolute atomic E-state index is 0.0210. The van der Waals surface area contributed by atoms with Crippen molar-refractivity contribution in [3.8, 4) is 0 Å². The lowest BCUT2D eigenvalue weighted by Crippen LogP contribution is -2.19. The molecule has 0 bridgehead atoms. The van der Waals surface area contributed by atoms with E-state index in [2.05, 4.69) is 5.32 Å². The van der Waals surface area contributed by atoms with Crippen LogP contribution in [0.4, 0.5) is 20.2 Å². The first-order valence-corrected chi connectivity index (χ1v) is 6.02. The Morgan fingerprint density at radius 2 is 2.11 bits per heavy atom. The van der Waals surface area contributed by atoms with Crippen LogP contribution in [0.3, 0.4) is 0 Å². The first kappa shape index (κ1) is 13.4. The number of anilines is 2. The van der Waals surface area contributed by atoms with Gasteiger partial charge >= 0.3 is 0 Å². The zero-order chi connectivity index (χ0) is 13.8. The number of nitrogen functional groups attached to an aromatic ring is 1. The number of furan rings is 1. The highest BCUT2D eigenvalue weighted by molar-refractivity contribution is 5.59. The van der Waals surface area contributed by atoms with Crippen LogP contribution in [0.15, 0.2) is 41.0 Å². The van der Waals surface area contributed by atoms with Gasteiger partial charge in [0.2, 0.25) is 0 Å². The predicted molar refractivity (Wildman–Crippen MR) is 71.3 cm³/mol. The van der Waals surface area contributed by atoms with E-state index in [0.29, 0.717) is 17.8 Å². The summed E-state index contributed by atoms with van der Waals surface area (Å²) >= 11 is 0. The van der Waals surface area contributed by atoms with Crippen molar-refractivity contribution in [1.29, 1.82) is 0 Å². The smallest absolute Gasteiger partial charge is 0.265 e. The average molecular weight is 266 g/mol. The Hall–Kier alpha value is -2.04. The van der Waals surface area contributed by atoms with Gasteiger partial charge < -0.3 is 15.5 Å². The van der Waals surface area contributed by atoms with Crippen LogP contribution < -0.4 is 11.1 Å². The molecule has 0 aliphatic carbocycles. The van der Waals surface area contributed by atoms with Gasteiger partial charge in [0.25, 0.3) is 6.43 Å². The second-order valence-corrected chi connectivity index (χ2v) is 4.48. The van der Waals surface area contributed by atoms with Crippen LogP contribution in [0.1, 0.15) is 24.7 Å². The minimum atomic E-state index is -2.55. The minimum Gasteiger partial charge on any atom is -0.469 e. The Morgan fingerprint density at radius 3 is 2.74 bits per heavy atom. The Labute approximate surface area is 110 Å². The van der Waals surface area contributed by atoms with E-state index in [9.17, 15) is 8.78 Å². The second-order valence-electron chi connectivity index (χ2n) is 4.48. The average Bonchev–Trinajstić information content (AvgIpc) is 2.83. The number of benzene rings is 1. The molecule has 1 aromatic carbocycles. The third-order valence-corrected chi connectivity index (χ3v) is 2.80. The van der Waals surface area contributed by atoms with Gasteiger partial charge in [-0.3, -0.25) is 0 Å². The highest BCUT2D eigenvalue weighted by Gasteiger charge is 2.15. The normalized spacial score (nSPS) is 12.6. The number of halogens is 2. The molecule has 3 N–H and O–H groups in total. The number of hydrogen-bond acceptors (Lipinski definition) is 3. The van der Waals surface area contributed by atoms with Crippen molar-refractivity contribution in [2.75, 3.05) is 11.1 Å². The summed E-state index contributed by atoms with van der Waals surface area (Å²) in [7, 11) is 0. The molecule has 1 heterocycles. The fraction of sp³-hybridized carbons (Fsp3) is 0.286. The van der Waals surface area contributed by atoms with Crippen molar-refractivity contribution in [2.45, 2.75) is 25.8 Å². The van der Waals surface area contributed by atoms with Crippen molar-refractivity contribution in [3.63, 3.8) is 0 Å². The summed E-state index contributed by atoms with van der Waals surface area (Å²) in [5, 5.41) is 3.06. The summed E-state index contributed by atoms with van der Waals surface area (Å²) in [6.07, 6.45) is -0.336. The number of hydrogen-bond donors (Lipinski definition) is 2. The lowest BCUT2D eigenvalue weighted by atomic mass is 10.1. The molecule has 3 nitrogen and oxygen atoms in total. The fourth-order valence-corrected chi connectivity index (χ4v) is 1.94. The van der Waals surface area contributed by atoms with Crippen LogP contribution in [0.25, 0.3) is 0 Å². The molecule has 0 saturated carbocycles. The molecule has 0 spiro atoms. The number of alkyl halides is 2. The largest absolute Gasteiger partial charge is 0.469 e. The Balaban J connectivity index is 2.10. The Morgan fingerprint density at radius 1 is 1.32 bits per heavy atom. The maximum Gasteiger partial charge on any atom is 0.265 e. The summed E-state index contributed by atoms with van der Waals surface area (Å²) in [6, 6.07) is 8.12. The van der Waals surface area contributed by atoms with E-state index in [-0.39, 0.29) is 11.6 Å². The number of rotatable bonds is 5. The van der Waals surface area contributed by atoms with Gasteiger partial charge in [0, 0.05) is 29.4 Å².